The van der Waals surface area contributed by atoms with Crippen LogP contribution in [0, 0.1) is 0 Å². The topological polar surface area (TPSA) is 66.4 Å². The number of hydrogen-bond donors (Lipinski definition) is 2. The van der Waals surface area contributed by atoms with Gasteiger partial charge >= 0.3 is 5.97 Å². The first kappa shape index (κ1) is 10.7. The highest BCUT2D eigenvalue weighted by Gasteiger charge is 2.15. The Kier molecular flexibility index (Phi) is 4.76. The number of carbonyl (C=O) groups is 2. The Morgan fingerprint density at radius 1 is 1.58 bits per heavy atom. The SMILES string of the molecule is C/C=C\C[C@@H](NC(C)=O)C(=O)O. The van der Waals surface area contributed by atoms with Crippen molar-refractivity contribution >= 4 is 11.9 Å². The third kappa shape index (κ3) is 4.49. The monoisotopic (exact) mass is 171 g/mol. The summed E-state index contributed by atoms with van der Waals surface area (Å²) in [5.74, 6) is -1.34. The van der Waals surface area contributed by atoms with Gasteiger partial charge in [0, 0.05) is 6.92 Å². The fourth-order valence-corrected chi connectivity index (χ4v) is 0.739. The van der Waals surface area contributed by atoms with Crippen molar-refractivity contribution in [2.75, 3.05) is 0 Å². The van der Waals surface area contributed by atoms with E-state index in [9.17, 15) is 9.59 Å². The van der Waals surface area contributed by atoms with Crippen molar-refractivity contribution in [3.8, 4) is 0 Å². The molecule has 1 amide bonds. The van der Waals surface area contributed by atoms with Gasteiger partial charge in [-0.1, -0.05) is 12.2 Å². The maximum Gasteiger partial charge on any atom is 0.326 e. The number of aliphatic carboxylic acids is 1. The van der Waals surface area contributed by atoms with Crippen molar-refractivity contribution in [2.45, 2.75) is 26.3 Å². The summed E-state index contributed by atoms with van der Waals surface area (Å²) in [6.45, 7) is 3.10. The van der Waals surface area contributed by atoms with Crippen LogP contribution in [0.3, 0.4) is 0 Å². The fourth-order valence-electron chi connectivity index (χ4n) is 0.739. The smallest absolute Gasteiger partial charge is 0.326 e. The predicted octanol–water partition coefficient (Wildman–Crippen LogP) is 0.542. The Bertz CT molecular complexity index is 198. The molecule has 0 aliphatic heterocycles. The molecule has 1 atom stereocenters. The first-order chi connectivity index (χ1) is 5.57. The number of allylic oxidation sites excluding steroid dienone is 1. The minimum absolute atomic E-state index is 0.325. The van der Waals surface area contributed by atoms with E-state index in [1.807, 2.05) is 0 Å². The molecule has 0 unspecified atom stereocenters. The molecule has 0 aromatic rings. The summed E-state index contributed by atoms with van der Waals surface area (Å²) in [6.07, 6.45) is 3.78. The molecule has 0 aliphatic carbocycles. The summed E-state index contributed by atoms with van der Waals surface area (Å²) < 4.78 is 0. The van der Waals surface area contributed by atoms with Crippen molar-refractivity contribution in [1.29, 1.82) is 0 Å². The molecule has 0 fully saturated rings. The first-order valence-electron chi connectivity index (χ1n) is 3.69. The third-order valence-electron chi connectivity index (χ3n) is 1.28. The van der Waals surface area contributed by atoms with Gasteiger partial charge in [0.1, 0.15) is 6.04 Å². The molecule has 0 aliphatic rings. The zero-order valence-electron chi connectivity index (χ0n) is 7.20. The van der Waals surface area contributed by atoms with Crippen LogP contribution in [-0.4, -0.2) is 23.0 Å². The molecule has 0 bridgehead atoms. The van der Waals surface area contributed by atoms with Crippen LogP contribution in [0.4, 0.5) is 0 Å². The highest BCUT2D eigenvalue weighted by molar-refractivity contribution is 5.82. The highest BCUT2D eigenvalue weighted by atomic mass is 16.4. The Labute approximate surface area is 71.3 Å². The molecule has 0 heterocycles. The van der Waals surface area contributed by atoms with E-state index in [1.54, 1.807) is 19.1 Å². The summed E-state index contributed by atoms with van der Waals surface area (Å²) in [5.41, 5.74) is 0. The van der Waals surface area contributed by atoms with Crippen molar-refractivity contribution in [2.24, 2.45) is 0 Å². The zero-order chi connectivity index (χ0) is 9.56. The predicted molar refractivity (Wildman–Crippen MR) is 44.7 cm³/mol. The van der Waals surface area contributed by atoms with Crippen LogP contribution in [0.25, 0.3) is 0 Å². The van der Waals surface area contributed by atoms with Crippen molar-refractivity contribution in [3.63, 3.8) is 0 Å². The molecule has 0 saturated carbocycles. The minimum Gasteiger partial charge on any atom is -0.480 e. The van der Waals surface area contributed by atoms with Gasteiger partial charge in [0.2, 0.25) is 5.91 Å². The van der Waals surface area contributed by atoms with Gasteiger partial charge in [-0.05, 0) is 13.3 Å². The fraction of sp³-hybridized carbons (Fsp3) is 0.500. The lowest BCUT2D eigenvalue weighted by Crippen LogP contribution is -2.39. The van der Waals surface area contributed by atoms with E-state index < -0.39 is 12.0 Å². The van der Waals surface area contributed by atoms with Gasteiger partial charge in [-0.15, -0.1) is 0 Å². The maximum absolute atomic E-state index is 10.5. The van der Waals surface area contributed by atoms with Crippen LogP contribution < -0.4 is 5.32 Å². The molecule has 0 radical (unpaired) electrons. The van der Waals surface area contributed by atoms with Gasteiger partial charge < -0.3 is 10.4 Å². The average Bonchev–Trinajstić information content (AvgIpc) is 1.96. The van der Waals surface area contributed by atoms with Crippen LogP contribution in [0.5, 0.6) is 0 Å². The number of nitrogens with one attached hydrogen (secondary N) is 1. The van der Waals surface area contributed by atoms with E-state index in [1.165, 1.54) is 6.92 Å². The molecule has 0 saturated heterocycles. The zero-order valence-corrected chi connectivity index (χ0v) is 7.20. The maximum atomic E-state index is 10.5. The molecule has 12 heavy (non-hydrogen) atoms. The highest BCUT2D eigenvalue weighted by Crippen LogP contribution is 1.93. The van der Waals surface area contributed by atoms with Crippen LogP contribution in [0.2, 0.25) is 0 Å². The number of carboxylic acid groups (broad SMARTS) is 1. The number of amides is 1. The third-order valence-corrected chi connectivity index (χ3v) is 1.28. The molecule has 4 nitrogen and oxygen atoms in total. The number of carbonyl (C=O) groups excluding carboxylic acids is 1. The van der Waals surface area contributed by atoms with Crippen LogP contribution in [0.15, 0.2) is 12.2 Å². The normalized spacial score (nSPS) is 12.8. The lowest BCUT2D eigenvalue weighted by Gasteiger charge is -2.09. The van der Waals surface area contributed by atoms with Gasteiger partial charge in [-0.25, -0.2) is 4.79 Å². The Balaban J connectivity index is 4.04. The second kappa shape index (κ2) is 5.35. The van der Waals surface area contributed by atoms with Crippen LogP contribution in [0.1, 0.15) is 20.3 Å². The first-order valence-corrected chi connectivity index (χ1v) is 3.69. The summed E-state index contributed by atoms with van der Waals surface area (Å²) in [6, 6.07) is -0.807. The Morgan fingerprint density at radius 3 is 2.50 bits per heavy atom. The lowest BCUT2D eigenvalue weighted by molar-refractivity contribution is -0.141. The van der Waals surface area contributed by atoms with Crippen LogP contribution >= 0.6 is 0 Å². The van der Waals surface area contributed by atoms with E-state index >= 15 is 0 Å². The lowest BCUT2D eigenvalue weighted by atomic mass is 10.2. The molecular weight excluding hydrogens is 158 g/mol. The van der Waals surface area contributed by atoms with Crippen molar-refractivity contribution in [1.82, 2.24) is 5.32 Å². The molecule has 68 valence electrons. The van der Waals surface area contributed by atoms with Gasteiger partial charge in [0.25, 0.3) is 0 Å². The second-order valence-corrected chi connectivity index (χ2v) is 2.40. The summed E-state index contributed by atoms with van der Waals surface area (Å²) in [4.78, 5) is 21.0. The Hall–Kier alpha value is -1.32. The number of carboxylic acids is 1. The molecule has 0 spiro atoms. The quantitative estimate of drug-likeness (QED) is 0.607. The number of hydrogen-bond acceptors (Lipinski definition) is 2. The average molecular weight is 171 g/mol. The van der Waals surface area contributed by atoms with E-state index in [2.05, 4.69) is 5.32 Å². The summed E-state index contributed by atoms with van der Waals surface area (Å²) >= 11 is 0. The van der Waals surface area contributed by atoms with Gasteiger partial charge in [-0.3, -0.25) is 4.79 Å². The van der Waals surface area contributed by atoms with E-state index in [4.69, 9.17) is 5.11 Å². The molecular formula is C8H13NO3. The second-order valence-electron chi connectivity index (χ2n) is 2.40. The standard InChI is InChI=1S/C8H13NO3/c1-3-4-5-7(8(11)12)9-6(2)10/h3-4,7H,5H2,1-2H3,(H,9,10)(H,11,12)/b4-3-/t7-/m1/s1. The molecule has 0 aromatic carbocycles. The van der Waals surface area contributed by atoms with E-state index in [0.717, 1.165) is 0 Å². The molecule has 4 heteroatoms. The van der Waals surface area contributed by atoms with Crippen LogP contribution in [-0.2, 0) is 9.59 Å². The van der Waals surface area contributed by atoms with Gasteiger partial charge in [0.15, 0.2) is 0 Å². The van der Waals surface area contributed by atoms with E-state index in [0.29, 0.717) is 6.42 Å². The van der Waals surface area contributed by atoms with Gasteiger partial charge in [-0.2, -0.15) is 0 Å². The van der Waals surface area contributed by atoms with Crippen molar-refractivity contribution < 1.29 is 14.7 Å². The van der Waals surface area contributed by atoms with E-state index in [-0.39, 0.29) is 5.91 Å². The van der Waals surface area contributed by atoms with Gasteiger partial charge in [0.05, 0.1) is 0 Å². The minimum atomic E-state index is -1.01. The number of rotatable bonds is 4. The van der Waals surface area contributed by atoms with Crippen molar-refractivity contribution in [3.05, 3.63) is 12.2 Å². The molecule has 0 rings (SSSR count). The Morgan fingerprint density at radius 2 is 2.17 bits per heavy atom. The molecule has 0 aromatic heterocycles. The molecule has 2 N–H and O–H groups in total. The summed E-state index contributed by atoms with van der Waals surface area (Å²) in [7, 11) is 0. The largest absolute Gasteiger partial charge is 0.480 e. The summed E-state index contributed by atoms with van der Waals surface area (Å²) in [5, 5.41) is 10.9.